The van der Waals surface area contributed by atoms with Crippen molar-refractivity contribution < 1.29 is 24.1 Å². The Kier molecular flexibility index (Phi) is 3.50. The molecular weight excluding hydrogens is 286 g/mol. The number of phenols is 1. The van der Waals surface area contributed by atoms with Crippen molar-refractivity contribution in [3.8, 4) is 17.2 Å². The average Bonchev–Trinajstić information content (AvgIpc) is 2.85. The highest BCUT2D eigenvalue weighted by atomic mass is 16.6. The first kappa shape index (κ1) is 14.1. The van der Waals surface area contributed by atoms with E-state index >= 15 is 0 Å². The Morgan fingerprint density at radius 2 is 1.82 bits per heavy atom. The van der Waals surface area contributed by atoms with Crippen LogP contribution in [0.1, 0.15) is 22.1 Å². The van der Waals surface area contributed by atoms with E-state index in [1.807, 2.05) is 0 Å². The van der Waals surface area contributed by atoms with E-state index in [1.54, 1.807) is 36.4 Å². The quantitative estimate of drug-likeness (QED) is 0.668. The van der Waals surface area contributed by atoms with Crippen LogP contribution in [-0.2, 0) is 4.74 Å². The molecule has 1 aliphatic heterocycles. The summed E-state index contributed by atoms with van der Waals surface area (Å²) in [4.78, 5) is 12.1. The number of hydrogen-bond donors (Lipinski definition) is 2. The number of methoxy groups -OCH3 is 2. The number of carbonyl (C=O) groups excluding carboxylic acids is 1. The number of carbonyl (C=O) groups is 1. The largest absolute Gasteiger partial charge is 0.508 e. The van der Waals surface area contributed by atoms with Crippen molar-refractivity contribution in [1.29, 1.82) is 0 Å². The number of aromatic hydroxyl groups is 1. The Morgan fingerprint density at radius 1 is 1.09 bits per heavy atom. The normalized spacial score (nSPS) is 15.9. The molecule has 0 bridgehead atoms. The van der Waals surface area contributed by atoms with Gasteiger partial charge in [0.05, 0.1) is 14.2 Å². The lowest BCUT2D eigenvalue weighted by atomic mass is 10.1. The molecule has 0 aromatic heterocycles. The minimum atomic E-state index is -0.619. The molecule has 0 radical (unpaired) electrons. The molecule has 6 heteroatoms. The predicted molar refractivity (Wildman–Crippen MR) is 79.4 cm³/mol. The zero-order valence-electron chi connectivity index (χ0n) is 12.1. The van der Waals surface area contributed by atoms with Crippen molar-refractivity contribution >= 4 is 11.7 Å². The molecular formula is C16H15NO5. The Morgan fingerprint density at radius 3 is 2.45 bits per heavy atom. The number of benzene rings is 2. The van der Waals surface area contributed by atoms with Crippen LogP contribution in [-0.4, -0.2) is 25.3 Å². The minimum absolute atomic E-state index is 0.167. The maximum Gasteiger partial charge on any atom is 0.344 e. The van der Waals surface area contributed by atoms with Gasteiger partial charge < -0.3 is 24.6 Å². The third kappa shape index (κ3) is 2.28. The highest BCUT2D eigenvalue weighted by Crippen LogP contribution is 2.42. The van der Waals surface area contributed by atoms with E-state index in [2.05, 4.69) is 5.32 Å². The first-order chi connectivity index (χ1) is 10.6. The molecule has 1 heterocycles. The fraction of sp³-hybridized carbons (Fsp3) is 0.188. The van der Waals surface area contributed by atoms with E-state index in [1.165, 1.54) is 14.2 Å². The highest BCUT2D eigenvalue weighted by molar-refractivity contribution is 5.98. The van der Waals surface area contributed by atoms with E-state index < -0.39 is 12.2 Å². The van der Waals surface area contributed by atoms with Gasteiger partial charge in [0, 0.05) is 11.3 Å². The second kappa shape index (κ2) is 5.48. The Hall–Kier alpha value is -2.89. The van der Waals surface area contributed by atoms with Crippen LogP contribution in [0.4, 0.5) is 5.69 Å². The molecule has 114 valence electrons. The molecule has 2 aromatic carbocycles. The minimum Gasteiger partial charge on any atom is -0.508 e. The number of esters is 1. The molecule has 0 saturated carbocycles. The molecule has 2 N–H and O–H groups in total. The van der Waals surface area contributed by atoms with Gasteiger partial charge in [-0.1, -0.05) is 0 Å². The summed E-state index contributed by atoms with van der Waals surface area (Å²) < 4.78 is 15.8. The smallest absolute Gasteiger partial charge is 0.344 e. The zero-order valence-corrected chi connectivity index (χ0v) is 12.1. The summed E-state index contributed by atoms with van der Waals surface area (Å²) in [6.45, 7) is 0. The van der Waals surface area contributed by atoms with Crippen LogP contribution in [0, 0.1) is 0 Å². The van der Waals surface area contributed by atoms with Gasteiger partial charge in [-0.15, -0.1) is 0 Å². The number of cyclic esters (lactones) is 1. The van der Waals surface area contributed by atoms with E-state index in [0.29, 0.717) is 22.6 Å². The molecule has 0 aliphatic carbocycles. The standard InChI is InChI=1S/C16H15NO5/c1-20-12-8-7-11-13(14(12)21-2)16(19)22-15(11)17-9-3-5-10(18)6-4-9/h3-8,15,17-18H,1-2H3. The van der Waals surface area contributed by atoms with Crippen LogP contribution in [0.15, 0.2) is 36.4 Å². The average molecular weight is 301 g/mol. The van der Waals surface area contributed by atoms with Crippen LogP contribution in [0.2, 0.25) is 0 Å². The van der Waals surface area contributed by atoms with E-state index in [-0.39, 0.29) is 5.75 Å². The molecule has 0 saturated heterocycles. The van der Waals surface area contributed by atoms with Crippen LogP contribution >= 0.6 is 0 Å². The van der Waals surface area contributed by atoms with Crippen LogP contribution in [0.3, 0.4) is 0 Å². The molecule has 3 rings (SSSR count). The number of anilines is 1. The first-order valence-electron chi connectivity index (χ1n) is 6.65. The third-order valence-electron chi connectivity index (χ3n) is 3.45. The zero-order chi connectivity index (χ0) is 15.7. The molecule has 0 spiro atoms. The van der Waals surface area contributed by atoms with Crippen molar-refractivity contribution in [2.45, 2.75) is 6.23 Å². The molecule has 1 atom stereocenters. The summed E-state index contributed by atoms with van der Waals surface area (Å²) in [5.74, 6) is 0.534. The summed E-state index contributed by atoms with van der Waals surface area (Å²) in [7, 11) is 2.99. The van der Waals surface area contributed by atoms with Gasteiger partial charge in [-0.2, -0.15) is 0 Å². The van der Waals surface area contributed by atoms with Gasteiger partial charge in [0.1, 0.15) is 11.3 Å². The fourth-order valence-corrected chi connectivity index (χ4v) is 2.42. The Balaban J connectivity index is 1.96. The number of hydrogen-bond acceptors (Lipinski definition) is 6. The second-order valence-corrected chi connectivity index (χ2v) is 4.74. The predicted octanol–water partition coefficient (Wildman–Crippen LogP) is 2.69. The van der Waals surface area contributed by atoms with Gasteiger partial charge in [0.15, 0.2) is 11.5 Å². The third-order valence-corrected chi connectivity index (χ3v) is 3.45. The molecule has 1 aliphatic rings. The van der Waals surface area contributed by atoms with E-state index in [4.69, 9.17) is 14.2 Å². The van der Waals surface area contributed by atoms with E-state index in [0.717, 1.165) is 5.69 Å². The number of phenolic OH excluding ortho intramolecular Hbond substituents is 1. The van der Waals surface area contributed by atoms with Crippen molar-refractivity contribution in [3.63, 3.8) is 0 Å². The lowest BCUT2D eigenvalue weighted by molar-refractivity contribution is 0.0435. The first-order valence-corrected chi connectivity index (χ1v) is 6.65. The van der Waals surface area contributed by atoms with Gasteiger partial charge in [-0.25, -0.2) is 4.79 Å². The maximum atomic E-state index is 12.1. The lowest BCUT2D eigenvalue weighted by Crippen LogP contribution is -2.10. The molecule has 0 fully saturated rings. The van der Waals surface area contributed by atoms with Crippen LogP contribution < -0.4 is 14.8 Å². The highest BCUT2D eigenvalue weighted by Gasteiger charge is 2.35. The SMILES string of the molecule is COc1ccc2c(c1OC)C(=O)OC2Nc1ccc(O)cc1. The van der Waals surface area contributed by atoms with Crippen LogP contribution in [0.25, 0.3) is 0 Å². The maximum absolute atomic E-state index is 12.1. The number of ether oxygens (including phenoxy) is 3. The number of rotatable bonds is 4. The van der Waals surface area contributed by atoms with E-state index in [9.17, 15) is 9.90 Å². The van der Waals surface area contributed by atoms with Crippen molar-refractivity contribution in [2.75, 3.05) is 19.5 Å². The topological polar surface area (TPSA) is 77.0 Å². The Bertz CT molecular complexity index is 711. The Labute approximate surface area is 127 Å². The van der Waals surface area contributed by atoms with Crippen LogP contribution in [0.5, 0.6) is 17.2 Å². The van der Waals surface area contributed by atoms with Gasteiger partial charge in [0.2, 0.25) is 6.23 Å². The molecule has 22 heavy (non-hydrogen) atoms. The fourth-order valence-electron chi connectivity index (χ4n) is 2.42. The molecule has 1 unspecified atom stereocenters. The molecule has 2 aromatic rings. The van der Waals surface area contributed by atoms with Crippen molar-refractivity contribution in [1.82, 2.24) is 0 Å². The summed E-state index contributed by atoms with van der Waals surface area (Å²) in [6.07, 6.45) is -0.619. The lowest BCUT2D eigenvalue weighted by Gasteiger charge is -2.15. The number of nitrogens with one attached hydrogen (secondary N) is 1. The monoisotopic (exact) mass is 301 g/mol. The second-order valence-electron chi connectivity index (χ2n) is 4.74. The summed E-state index contributed by atoms with van der Waals surface area (Å²) in [6, 6.07) is 9.98. The molecule has 6 nitrogen and oxygen atoms in total. The number of fused-ring (bicyclic) bond motifs is 1. The van der Waals surface area contributed by atoms with Gasteiger partial charge in [-0.3, -0.25) is 0 Å². The van der Waals surface area contributed by atoms with Gasteiger partial charge in [0.25, 0.3) is 0 Å². The van der Waals surface area contributed by atoms with Gasteiger partial charge >= 0.3 is 5.97 Å². The van der Waals surface area contributed by atoms with Crippen molar-refractivity contribution in [3.05, 3.63) is 47.5 Å². The van der Waals surface area contributed by atoms with Crippen molar-refractivity contribution in [2.24, 2.45) is 0 Å². The van der Waals surface area contributed by atoms with Gasteiger partial charge in [-0.05, 0) is 36.4 Å². The molecule has 0 amide bonds. The summed E-state index contributed by atoms with van der Waals surface area (Å²) in [5.41, 5.74) is 1.76. The summed E-state index contributed by atoms with van der Waals surface area (Å²) >= 11 is 0. The summed E-state index contributed by atoms with van der Waals surface area (Å²) in [5, 5.41) is 12.4.